The first-order valence-electron chi connectivity index (χ1n) is 10.7. The third kappa shape index (κ3) is 5.27. The molecule has 11 heteroatoms. The zero-order valence-electron chi connectivity index (χ0n) is 17.8. The molecular formula is C22H24Cl2FN3O4S. The Balaban J connectivity index is 1.60. The van der Waals surface area contributed by atoms with E-state index in [9.17, 15) is 17.6 Å². The number of piperidine rings is 1. The molecule has 1 atom stereocenters. The number of hydrogen-bond acceptors (Lipinski definition) is 5. The van der Waals surface area contributed by atoms with Crippen molar-refractivity contribution in [3.63, 3.8) is 0 Å². The number of sulfonamides is 1. The Labute approximate surface area is 202 Å². The van der Waals surface area contributed by atoms with Gasteiger partial charge in [0.1, 0.15) is 16.8 Å². The van der Waals surface area contributed by atoms with E-state index in [-0.39, 0.29) is 33.9 Å². The van der Waals surface area contributed by atoms with Gasteiger partial charge in [0.2, 0.25) is 15.9 Å². The van der Waals surface area contributed by atoms with E-state index in [1.165, 1.54) is 28.6 Å². The molecule has 0 saturated carbocycles. The minimum Gasteiger partial charge on any atom is -0.379 e. The van der Waals surface area contributed by atoms with Gasteiger partial charge in [-0.25, -0.2) is 12.8 Å². The smallest absolute Gasteiger partial charge is 0.247 e. The zero-order chi connectivity index (χ0) is 23.6. The molecule has 0 aromatic heterocycles. The molecule has 0 radical (unpaired) electrons. The van der Waals surface area contributed by atoms with Gasteiger partial charge < -0.3 is 15.0 Å². The van der Waals surface area contributed by atoms with Crippen molar-refractivity contribution in [1.29, 1.82) is 0 Å². The Bertz CT molecular complexity index is 1140. The van der Waals surface area contributed by atoms with E-state index >= 15 is 0 Å². The highest BCUT2D eigenvalue weighted by Gasteiger charge is 2.32. The molecule has 2 fully saturated rings. The lowest BCUT2D eigenvalue weighted by Crippen LogP contribution is -2.47. The normalized spacial score (nSPS) is 20.0. The largest absolute Gasteiger partial charge is 0.379 e. The number of carbonyl (C=O) groups is 1. The van der Waals surface area contributed by atoms with Gasteiger partial charge in [-0.15, -0.1) is 0 Å². The number of halogens is 3. The number of ether oxygens (including phenoxy) is 1. The molecule has 2 aliphatic rings. The molecule has 0 spiro atoms. The molecule has 2 aromatic rings. The van der Waals surface area contributed by atoms with Crippen molar-refractivity contribution >= 4 is 50.5 Å². The maximum absolute atomic E-state index is 13.5. The second-order valence-electron chi connectivity index (χ2n) is 7.95. The fourth-order valence-electron chi connectivity index (χ4n) is 4.11. The van der Waals surface area contributed by atoms with Crippen LogP contribution >= 0.6 is 23.2 Å². The van der Waals surface area contributed by atoms with Gasteiger partial charge >= 0.3 is 0 Å². The predicted molar refractivity (Wildman–Crippen MR) is 126 cm³/mol. The van der Waals surface area contributed by atoms with Crippen LogP contribution in [0.4, 0.5) is 15.8 Å². The third-order valence-electron chi connectivity index (χ3n) is 5.83. The van der Waals surface area contributed by atoms with Crippen LogP contribution in [0, 0.1) is 5.82 Å². The molecule has 2 heterocycles. The minimum absolute atomic E-state index is 0.0126. The van der Waals surface area contributed by atoms with E-state index < -0.39 is 21.9 Å². The molecule has 2 aromatic carbocycles. The highest BCUT2D eigenvalue weighted by Crippen LogP contribution is 2.33. The zero-order valence-corrected chi connectivity index (χ0v) is 20.1. The Morgan fingerprint density at radius 3 is 2.52 bits per heavy atom. The molecule has 178 valence electrons. The summed E-state index contributed by atoms with van der Waals surface area (Å²) in [6, 6.07) is 8.28. The van der Waals surface area contributed by atoms with Crippen LogP contribution in [0.2, 0.25) is 10.0 Å². The topological polar surface area (TPSA) is 79.0 Å². The maximum atomic E-state index is 13.5. The number of amides is 1. The summed E-state index contributed by atoms with van der Waals surface area (Å²) in [5.41, 5.74) is 0.992. The van der Waals surface area contributed by atoms with E-state index in [4.69, 9.17) is 27.9 Å². The van der Waals surface area contributed by atoms with E-state index in [0.717, 1.165) is 12.8 Å². The number of hydrogen-bond donors (Lipinski definition) is 1. The maximum Gasteiger partial charge on any atom is 0.247 e. The molecule has 2 saturated heterocycles. The van der Waals surface area contributed by atoms with Gasteiger partial charge in [-0.2, -0.15) is 4.31 Å². The highest BCUT2D eigenvalue weighted by atomic mass is 35.5. The molecule has 4 rings (SSSR count). The first-order valence-corrected chi connectivity index (χ1v) is 12.9. The van der Waals surface area contributed by atoms with Crippen molar-refractivity contribution < 1.29 is 22.3 Å². The summed E-state index contributed by atoms with van der Waals surface area (Å²) < 4.78 is 46.5. The number of morpholine rings is 1. The summed E-state index contributed by atoms with van der Waals surface area (Å²) >= 11 is 12.1. The highest BCUT2D eigenvalue weighted by molar-refractivity contribution is 7.89. The van der Waals surface area contributed by atoms with Crippen LogP contribution in [0.15, 0.2) is 41.3 Å². The van der Waals surface area contributed by atoms with Crippen LogP contribution in [-0.4, -0.2) is 57.5 Å². The Morgan fingerprint density at radius 1 is 1.03 bits per heavy atom. The van der Waals surface area contributed by atoms with Gasteiger partial charge in [0, 0.05) is 31.0 Å². The van der Waals surface area contributed by atoms with Crippen LogP contribution < -0.4 is 10.2 Å². The van der Waals surface area contributed by atoms with Crippen molar-refractivity contribution in [3.05, 3.63) is 52.3 Å². The molecule has 1 N–H and O–H groups in total. The summed E-state index contributed by atoms with van der Waals surface area (Å²) in [5.74, 6) is -0.839. The lowest BCUT2D eigenvalue weighted by Gasteiger charge is -2.37. The molecule has 1 amide bonds. The quantitative estimate of drug-likeness (QED) is 0.646. The summed E-state index contributed by atoms with van der Waals surface area (Å²) in [6.07, 6.45) is 2.31. The first kappa shape index (κ1) is 24.2. The first-order chi connectivity index (χ1) is 15.8. The minimum atomic E-state index is -3.81. The van der Waals surface area contributed by atoms with Gasteiger partial charge in [-0.05, 0) is 55.7 Å². The van der Waals surface area contributed by atoms with Crippen LogP contribution in [0.25, 0.3) is 0 Å². The van der Waals surface area contributed by atoms with Crippen LogP contribution in [0.1, 0.15) is 19.3 Å². The van der Waals surface area contributed by atoms with E-state index in [1.807, 2.05) is 4.90 Å². The van der Waals surface area contributed by atoms with Gasteiger partial charge in [0.15, 0.2) is 0 Å². The van der Waals surface area contributed by atoms with Crippen LogP contribution in [-0.2, 0) is 19.6 Å². The second kappa shape index (κ2) is 10.1. The second-order valence-corrected chi connectivity index (χ2v) is 10.7. The Kier molecular flexibility index (Phi) is 7.45. The van der Waals surface area contributed by atoms with Crippen molar-refractivity contribution in [3.8, 4) is 0 Å². The number of nitrogens with zero attached hydrogens (tertiary/aromatic N) is 2. The average molecular weight is 516 g/mol. The SMILES string of the molecule is O=C(Nc1ccc(F)c(Cl)c1)[C@@H]1CCCCN1c1ccc(Cl)c(S(=O)(=O)N2CCOCC2)c1. The van der Waals surface area contributed by atoms with Gasteiger partial charge in [0.05, 0.1) is 23.3 Å². The standard InChI is InChI=1S/C22H24Cl2FN3O4S/c23-17-6-5-16(14-21(17)33(30,31)27-9-11-32-12-10-27)28-8-2-1-3-20(28)22(29)26-15-4-7-19(25)18(24)13-15/h4-7,13-14,20H,1-3,8-12H2,(H,26,29)/t20-/m0/s1. The molecule has 0 aliphatic carbocycles. The van der Waals surface area contributed by atoms with Crippen molar-refractivity contribution in [1.82, 2.24) is 4.31 Å². The van der Waals surface area contributed by atoms with Crippen molar-refractivity contribution in [2.75, 3.05) is 43.1 Å². The third-order valence-corrected chi connectivity index (χ3v) is 8.50. The molecule has 7 nitrogen and oxygen atoms in total. The Hall–Kier alpha value is -1.91. The molecule has 33 heavy (non-hydrogen) atoms. The average Bonchev–Trinajstić information content (AvgIpc) is 2.82. The van der Waals surface area contributed by atoms with E-state index in [1.54, 1.807) is 12.1 Å². The fourth-order valence-corrected chi connectivity index (χ4v) is 6.19. The molecular weight excluding hydrogens is 492 g/mol. The van der Waals surface area contributed by atoms with Crippen molar-refractivity contribution in [2.24, 2.45) is 0 Å². The Morgan fingerprint density at radius 2 is 1.79 bits per heavy atom. The van der Waals surface area contributed by atoms with Gasteiger partial charge in [-0.1, -0.05) is 23.2 Å². The summed E-state index contributed by atoms with van der Waals surface area (Å²) in [6.45, 7) is 1.77. The number of anilines is 2. The number of benzene rings is 2. The number of nitrogens with one attached hydrogen (secondary N) is 1. The van der Waals surface area contributed by atoms with E-state index in [2.05, 4.69) is 5.32 Å². The lowest BCUT2D eigenvalue weighted by atomic mass is 10.00. The van der Waals surface area contributed by atoms with Crippen molar-refractivity contribution in [2.45, 2.75) is 30.2 Å². The lowest BCUT2D eigenvalue weighted by molar-refractivity contribution is -0.117. The van der Waals surface area contributed by atoms with Crippen LogP contribution in [0.5, 0.6) is 0 Å². The van der Waals surface area contributed by atoms with Crippen LogP contribution in [0.3, 0.4) is 0 Å². The fraction of sp³-hybridized carbons (Fsp3) is 0.409. The number of carbonyl (C=O) groups excluding carboxylic acids is 1. The molecule has 0 unspecified atom stereocenters. The van der Waals surface area contributed by atoms with Gasteiger partial charge in [-0.3, -0.25) is 4.79 Å². The van der Waals surface area contributed by atoms with Gasteiger partial charge in [0.25, 0.3) is 0 Å². The summed E-state index contributed by atoms with van der Waals surface area (Å²) in [4.78, 5) is 15.0. The monoisotopic (exact) mass is 515 g/mol. The predicted octanol–water partition coefficient (Wildman–Crippen LogP) is 4.15. The molecule has 0 bridgehead atoms. The summed E-state index contributed by atoms with van der Waals surface area (Å²) in [5, 5.41) is 2.84. The number of rotatable bonds is 5. The van der Waals surface area contributed by atoms with E-state index in [0.29, 0.717) is 37.6 Å². The molecule has 2 aliphatic heterocycles. The summed E-state index contributed by atoms with van der Waals surface area (Å²) in [7, 11) is -3.81.